The van der Waals surface area contributed by atoms with Gasteiger partial charge in [-0.2, -0.15) is 0 Å². The van der Waals surface area contributed by atoms with Crippen molar-refractivity contribution in [2.24, 2.45) is 0 Å². The Balaban J connectivity index is 1.47. The van der Waals surface area contributed by atoms with Crippen LogP contribution in [0.25, 0.3) is 11.4 Å². The average molecular weight is 394 g/mol. The molecule has 0 N–H and O–H groups in total. The molecule has 28 heavy (non-hydrogen) atoms. The van der Waals surface area contributed by atoms with Crippen LogP contribution in [0, 0.1) is 0 Å². The molecule has 1 aromatic carbocycles. The lowest BCUT2D eigenvalue weighted by Gasteiger charge is -2.17. The van der Waals surface area contributed by atoms with E-state index in [4.69, 9.17) is 0 Å². The molecule has 0 radical (unpaired) electrons. The molecule has 1 aliphatic heterocycles. The lowest BCUT2D eigenvalue weighted by Crippen LogP contribution is -2.30. The van der Waals surface area contributed by atoms with Crippen LogP contribution in [0.2, 0.25) is 0 Å². The number of pyridine rings is 1. The van der Waals surface area contributed by atoms with Crippen molar-refractivity contribution in [3.63, 3.8) is 0 Å². The van der Waals surface area contributed by atoms with Crippen molar-refractivity contribution < 1.29 is 4.79 Å². The van der Waals surface area contributed by atoms with Crippen LogP contribution in [0.5, 0.6) is 0 Å². The number of aryl methyl sites for hydroxylation is 1. The van der Waals surface area contributed by atoms with E-state index in [-0.39, 0.29) is 5.91 Å². The van der Waals surface area contributed by atoms with Crippen LogP contribution in [0.3, 0.4) is 0 Å². The summed E-state index contributed by atoms with van der Waals surface area (Å²) in [7, 11) is 0. The highest BCUT2D eigenvalue weighted by molar-refractivity contribution is 7.99. The first-order chi connectivity index (χ1) is 13.7. The van der Waals surface area contributed by atoms with E-state index in [1.165, 1.54) is 22.9 Å². The van der Waals surface area contributed by atoms with Gasteiger partial charge in [0.25, 0.3) is 0 Å². The average Bonchev–Trinajstić information content (AvgIpc) is 3.35. The van der Waals surface area contributed by atoms with E-state index in [9.17, 15) is 4.79 Å². The minimum absolute atomic E-state index is 0.115. The molecule has 0 bridgehead atoms. The Hall–Kier alpha value is -2.67. The Labute approximate surface area is 169 Å². The highest BCUT2D eigenvalue weighted by Crippen LogP contribution is 2.30. The van der Waals surface area contributed by atoms with Gasteiger partial charge >= 0.3 is 0 Å². The number of anilines is 1. The summed E-state index contributed by atoms with van der Waals surface area (Å²) in [6, 6.07) is 10.3. The topological polar surface area (TPSA) is 63.9 Å². The van der Waals surface area contributed by atoms with Gasteiger partial charge in [-0.3, -0.25) is 9.78 Å². The first-order valence-electron chi connectivity index (χ1n) is 9.59. The summed E-state index contributed by atoms with van der Waals surface area (Å²) in [6.07, 6.45) is 5.44. The second kappa shape index (κ2) is 8.14. The monoisotopic (exact) mass is 393 g/mol. The Kier molecular flexibility index (Phi) is 5.43. The van der Waals surface area contributed by atoms with Crippen LogP contribution in [0.4, 0.5) is 5.69 Å². The van der Waals surface area contributed by atoms with Crippen LogP contribution in [0.15, 0.2) is 47.9 Å². The number of thioether (sulfide) groups is 1. The predicted octanol–water partition coefficient (Wildman–Crippen LogP) is 3.60. The van der Waals surface area contributed by atoms with E-state index in [0.717, 1.165) is 48.2 Å². The van der Waals surface area contributed by atoms with E-state index in [2.05, 4.69) is 47.2 Å². The van der Waals surface area contributed by atoms with Gasteiger partial charge in [-0.25, -0.2) is 0 Å². The fourth-order valence-corrected chi connectivity index (χ4v) is 4.41. The van der Waals surface area contributed by atoms with Crippen LogP contribution in [-0.4, -0.2) is 38.0 Å². The maximum atomic E-state index is 12.9. The van der Waals surface area contributed by atoms with Gasteiger partial charge in [-0.15, -0.1) is 10.2 Å². The molecule has 144 valence electrons. The maximum Gasteiger partial charge on any atom is 0.237 e. The molecule has 2 aromatic heterocycles. The van der Waals surface area contributed by atoms with E-state index < -0.39 is 0 Å². The van der Waals surface area contributed by atoms with E-state index in [0.29, 0.717) is 5.75 Å². The van der Waals surface area contributed by atoms with Gasteiger partial charge in [0.2, 0.25) is 5.91 Å². The standard InChI is InChI=1S/C21H23N5OS/c1-3-15-5-6-18-17(13-15)9-12-26(18)19(27)14-28-21-24-23-20(25(21)4-2)16-7-10-22-11-8-16/h5-8,10-11,13H,3-4,9,12,14H2,1-2H3. The van der Waals surface area contributed by atoms with Crippen molar-refractivity contribution in [3.05, 3.63) is 53.9 Å². The second-order valence-electron chi connectivity index (χ2n) is 6.69. The molecule has 0 atom stereocenters. The minimum atomic E-state index is 0.115. The molecule has 0 fully saturated rings. The molecule has 0 saturated carbocycles. The number of rotatable bonds is 6. The predicted molar refractivity (Wildman–Crippen MR) is 112 cm³/mol. The Morgan fingerprint density at radius 1 is 1.14 bits per heavy atom. The number of nitrogens with zero attached hydrogens (tertiary/aromatic N) is 5. The van der Waals surface area contributed by atoms with Gasteiger partial charge in [-0.1, -0.05) is 30.8 Å². The highest BCUT2D eigenvalue weighted by Gasteiger charge is 2.25. The summed E-state index contributed by atoms with van der Waals surface area (Å²) in [5.41, 5.74) is 4.62. The summed E-state index contributed by atoms with van der Waals surface area (Å²) in [5, 5.41) is 9.41. The van der Waals surface area contributed by atoms with E-state index in [1.54, 1.807) is 12.4 Å². The molecule has 0 unspecified atom stereocenters. The number of benzene rings is 1. The molecular weight excluding hydrogens is 370 g/mol. The Morgan fingerprint density at radius 2 is 1.96 bits per heavy atom. The zero-order valence-corrected chi connectivity index (χ0v) is 16.9. The summed E-state index contributed by atoms with van der Waals surface area (Å²) >= 11 is 1.45. The fraction of sp³-hybridized carbons (Fsp3) is 0.333. The molecule has 3 aromatic rings. The number of carbonyl (C=O) groups is 1. The maximum absolute atomic E-state index is 12.9. The minimum Gasteiger partial charge on any atom is -0.311 e. The highest BCUT2D eigenvalue weighted by atomic mass is 32.2. The molecule has 1 aliphatic rings. The zero-order chi connectivity index (χ0) is 19.5. The molecule has 6 nitrogen and oxygen atoms in total. The number of amides is 1. The third-order valence-corrected chi connectivity index (χ3v) is 6.00. The zero-order valence-electron chi connectivity index (χ0n) is 16.1. The quantitative estimate of drug-likeness (QED) is 0.599. The van der Waals surface area contributed by atoms with E-state index >= 15 is 0 Å². The molecule has 1 amide bonds. The third kappa shape index (κ3) is 3.54. The molecular formula is C21H23N5OS. The van der Waals surface area contributed by atoms with Gasteiger partial charge < -0.3 is 9.47 Å². The van der Waals surface area contributed by atoms with Crippen LogP contribution < -0.4 is 4.90 Å². The summed E-state index contributed by atoms with van der Waals surface area (Å²) < 4.78 is 2.04. The smallest absolute Gasteiger partial charge is 0.237 e. The summed E-state index contributed by atoms with van der Waals surface area (Å²) in [5.74, 6) is 1.27. The Morgan fingerprint density at radius 3 is 2.71 bits per heavy atom. The van der Waals surface area contributed by atoms with Crippen molar-refractivity contribution in [1.82, 2.24) is 19.7 Å². The SMILES string of the molecule is CCc1ccc2c(c1)CCN2C(=O)CSc1nnc(-c2ccncc2)n1CC. The van der Waals surface area contributed by atoms with Crippen LogP contribution >= 0.6 is 11.8 Å². The van der Waals surface area contributed by atoms with Crippen molar-refractivity contribution in [1.29, 1.82) is 0 Å². The number of hydrogen-bond acceptors (Lipinski definition) is 5. The van der Waals surface area contributed by atoms with Gasteiger partial charge in [0.05, 0.1) is 5.75 Å². The van der Waals surface area contributed by atoms with Gasteiger partial charge in [0.15, 0.2) is 11.0 Å². The van der Waals surface area contributed by atoms with Crippen molar-refractivity contribution >= 4 is 23.4 Å². The number of fused-ring (bicyclic) bond motifs is 1. The van der Waals surface area contributed by atoms with Crippen molar-refractivity contribution in [3.8, 4) is 11.4 Å². The van der Waals surface area contributed by atoms with Crippen LogP contribution in [0.1, 0.15) is 25.0 Å². The van der Waals surface area contributed by atoms with Crippen molar-refractivity contribution in [2.45, 2.75) is 38.4 Å². The lowest BCUT2D eigenvalue weighted by atomic mass is 10.1. The molecule has 4 rings (SSSR count). The number of aromatic nitrogens is 4. The van der Waals surface area contributed by atoms with Crippen LogP contribution in [-0.2, 0) is 24.2 Å². The first-order valence-corrected chi connectivity index (χ1v) is 10.6. The summed E-state index contributed by atoms with van der Waals surface area (Å²) in [4.78, 5) is 18.8. The normalized spacial score (nSPS) is 13.0. The summed E-state index contributed by atoms with van der Waals surface area (Å²) in [6.45, 7) is 5.71. The van der Waals surface area contributed by atoms with Gasteiger partial charge in [-0.05, 0) is 49.1 Å². The third-order valence-electron chi connectivity index (χ3n) is 5.05. The molecule has 0 spiro atoms. The van der Waals surface area contributed by atoms with Crippen molar-refractivity contribution in [2.75, 3.05) is 17.2 Å². The molecule has 0 saturated heterocycles. The van der Waals surface area contributed by atoms with E-state index in [1.807, 2.05) is 21.6 Å². The number of hydrogen-bond donors (Lipinski definition) is 0. The second-order valence-corrected chi connectivity index (χ2v) is 7.63. The first kappa shape index (κ1) is 18.7. The van der Waals surface area contributed by atoms with Gasteiger partial charge in [0.1, 0.15) is 0 Å². The largest absolute Gasteiger partial charge is 0.311 e. The number of carbonyl (C=O) groups excluding carboxylic acids is 1. The molecule has 3 heterocycles. The Bertz CT molecular complexity index is 986. The molecule has 0 aliphatic carbocycles. The fourth-order valence-electron chi connectivity index (χ4n) is 3.53. The van der Waals surface area contributed by atoms with Gasteiger partial charge in [0, 0.05) is 36.7 Å². The lowest BCUT2D eigenvalue weighted by molar-refractivity contribution is -0.116. The molecule has 7 heteroatoms.